The number of esters is 1. The van der Waals surface area contributed by atoms with Gasteiger partial charge >= 0.3 is 5.97 Å². The number of hydrogen-bond acceptors (Lipinski definition) is 3. The third-order valence-electron chi connectivity index (χ3n) is 2.60. The number of halogens is 2. The Balaban J connectivity index is 2.02. The number of ether oxygens (including phenoxy) is 2. The van der Waals surface area contributed by atoms with E-state index in [2.05, 4.69) is 4.74 Å². The zero-order valence-electron chi connectivity index (χ0n) is 10.7. The molecule has 3 nitrogen and oxygen atoms in total. The molecule has 0 radical (unpaired) electrons. The summed E-state index contributed by atoms with van der Waals surface area (Å²) in [7, 11) is 1.30. The Labute approximate surface area is 114 Å². The van der Waals surface area contributed by atoms with Crippen molar-refractivity contribution in [3.8, 4) is 5.75 Å². The minimum Gasteiger partial charge on any atom is -0.489 e. The van der Waals surface area contributed by atoms with Crippen LogP contribution in [-0.4, -0.2) is 13.1 Å². The van der Waals surface area contributed by atoms with Crippen molar-refractivity contribution in [1.82, 2.24) is 0 Å². The molecule has 2 rings (SSSR count). The highest BCUT2D eigenvalue weighted by atomic mass is 19.1. The molecule has 2 aromatic carbocycles. The van der Waals surface area contributed by atoms with Gasteiger partial charge in [0.25, 0.3) is 0 Å². The van der Waals surface area contributed by atoms with Crippen LogP contribution in [0.1, 0.15) is 15.9 Å². The van der Waals surface area contributed by atoms with Crippen LogP contribution in [0, 0.1) is 11.6 Å². The van der Waals surface area contributed by atoms with E-state index >= 15 is 0 Å². The first kappa shape index (κ1) is 14.0. The van der Waals surface area contributed by atoms with Crippen LogP contribution in [0.3, 0.4) is 0 Å². The smallest absolute Gasteiger partial charge is 0.337 e. The van der Waals surface area contributed by atoms with Crippen LogP contribution in [0.5, 0.6) is 5.75 Å². The molecule has 0 aliphatic rings. The minimum atomic E-state index is -0.648. The summed E-state index contributed by atoms with van der Waals surface area (Å²) in [6.07, 6.45) is 0. The molecule has 0 aromatic heterocycles. The van der Waals surface area contributed by atoms with Gasteiger partial charge in [0.05, 0.1) is 12.7 Å². The highest BCUT2D eigenvalue weighted by Gasteiger charge is 2.05. The molecule has 0 bridgehead atoms. The molecule has 0 saturated heterocycles. The molecule has 5 heteroatoms. The maximum atomic E-state index is 13.0. The Bertz CT molecular complexity index is 589. The van der Waals surface area contributed by atoms with Crippen molar-refractivity contribution in [2.24, 2.45) is 0 Å². The summed E-state index contributed by atoms with van der Waals surface area (Å²) < 4.78 is 35.9. The van der Waals surface area contributed by atoms with Gasteiger partial charge in [-0.25, -0.2) is 13.6 Å². The standard InChI is InChI=1S/C15H12F2O3/c1-19-15(18)11-2-4-14(5-3-11)20-9-10-6-12(16)8-13(17)7-10/h2-8H,9H2,1H3. The number of rotatable bonds is 4. The molecular formula is C15H12F2O3. The van der Waals surface area contributed by atoms with Crippen molar-refractivity contribution in [2.45, 2.75) is 6.61 Å². The van der Waals surface area contributed by atoms with Gasteiger partial charge in [-0.2, -0.15) is 0 Å². The first-order chi connectivity index (χ1) is 9.58. The Kier molecular flexibility index (Phi) is 4.30. The molecule has 0 heterocycles. The monoisotopic (exact) mass is 278 g/mol. The van der Waals surface area contributed by atoms with Crippen molar-refractivity contribution in [2.75, 3.05) is 7.11 Å². The lowest BCUT2D eigenvalue weighted by Crippen LogP contribution is -2.01. The fraction of sp³-hybridized carbons (Fsp3) is 0.133. The largest absolute Gasteiger partial charge is 0.489 e. The summed E-state index contributed by atoms with van der Waals surface area (Å²) >= 11 is 0. The van der Waals surface area contributed by atoms with Gasteiger partial charge in [-0.3, -0.25) is 0 Å². The van der Waals surface area contributed by atoms with Gasteiger partial charge in [0.2, 0.25) is 0 Å². The Hall–Kier alpha value is -2.43. The third-order valence-corrected chi connectivity index (χ3v) is 2.60. The second-order valence-corrected chi connectivity index (χ2v) is 4.08. The molecule has 0 fully saturated rings. The summed E-state index contributed by atoms with van der Waals surface area (Å²) in [4.78, 5) is 11.2. The zero-order valence-corrected chi connectivity index (χ0v) is 10.7. The van der Waals surface area contributed by atoms with Crippen LogP contribution in [0.15, 0.2) is 42.5 Å². The first-order valence-electron chi connectivity index (χ1n) is 5.84. The topological polar surface area (TPSA) is 35.5 Å². The van der Waals surface area contributed by atoms with Gasteiger partial charge in [-0.05, 0) is 42.0 Å². The second kappa shape index (κ2) is 6.14. The fourth-order valence-electron chi connectivity index (χ4n) is 1.67. The number of methoxy groups -OCH3 is 1. The quantitative estimate of drug-likeness (QED) is 0.805. The Morgan fingerprint density at radius 1 is 1.05 bits per heavy atom. The van der Waals surface area contributed by atoms with Gasteiger partial charge in [0.1, 0.15) is 24.0 Å². The van der Waals surface area contributed by atoms with E-state index in [-0.39, 0.29) is 6.61 Å². The van der Waals surface area contributed by atoms with E-state index < -0.39 is 17.6 Å². The van der Waals surface area contributed by atoms with E-state index in [1.807, 2.05) is 0 Å². The minimum absolute atomic E-state index is 0.0340. The van der Waals surface area contributed by atoms with Gasteiger partial charge in [0, 0.05) is 6.07 Å². The molecular weight excluding hydrogens is 266 g/mol. The predicted octanol–water partition coefficient (Wildman–Crippen LogP) is 3.33. The molecule has 0 atom stereocenters. The van der Waals surface area contributed by atoms with Crippen LogP contribution >= 0.6 is 0 Å². The zero-order chi connectivity index (χ0) is 14.5. The van der Waals surface area contributed by atoms with Gasteiger partial charge in [-0.15, -0.1) is 0 Å². The first-order valence-corrected chi connectivity index (χ1v) is 5.84. The van der Waals surface area contributed by atoms with E-state index in [4.69, 9.17) is 4.74 Å². The number of carbonyl (C=O) groups is 1. The van der Waals surface area contributed by atoms with E-state index in [0.29, 0.717) is 16.9 Å². The average molecular weight is 278 g/mol. The van der Waals surface area contributed by atoms with Crippen LogP contribution in [-0.2, 0) is 11.3 Å². The van der Waals surface area contributed by atoms with E-state index in [0.717, 1.165) is 6.07 Å². The molecule has 0 aliphatic heterocycles. The lowest BCUT2D eigenvalue weighted by Gasteiger charge is -2.07. The lowest BCUT2D eigenvalue weighted by atomic mass is 10.2. The van der Waals surface area contributed by atoms with Crippen LogP contribution < -0.4 is 4.74 Å². The van der Waals surface area contributed by atoms with Gasteiger partial charge in [0.15, 0.2) is 0 Å². The van der Waals surface area contributed by atoms with Crippen LogP contribution in [0.25, 0.3) is 0 Å². The summed E-state index contributed by atoms with van der Waals surface area (Å²) in [5, 5.41) is 0. The Morgan fingerprint density at radius 2 is 1.65 bits per heavy atom. The highest BCUT2D eigenvalue weighted by molar-refractivity contribution is 5.89. The van der Waals surface area contributed by atoms with Crippen LogP contribution in [0.2, 0.25) is 0 Å². The maximum absolute atomic E-state index is 13.0. The number of hydrogen-bond donors (Lipinski definition) is 0. The third kappa shape index (κ3) is 3.54. The van der Waals surface area contributed by atoms with Gasteiger partial charge < -0.3 is 9.47 Å². The molecule has 104 valence electrons. The fourth-order valence-corrected chi connectivity index (χ4v) is 1.67. The summed E-state index contributed by atoms with van der Waals surface area (Å²) in [5.74, 6) is -1.25. The highest BCUT2D eigenvalue weighted by Crippen LogP contribution is 2.16. The summed E-state index contributed by atoms with van der Waals surface area (Å²) in [6.45, 7) is 0.0340. The normalized spacial score (nSPS) is 10.2. The van der Waals surface area contributed by atoms with E-state index in [1.54, 1.807) is 24.3 Å². The van der Waals surface area contributed by atoms with Crippen molar-refractivity contribution >= 4 is 5.97 Å². The molecule has 0 saturated carbocycles. The van der Waals surface area contributed by atoms with Crippen molar-refractivity contribution in [1.29, 1.82) is 0 Å². The maximum Gasteiger partial charge on any atom is 0.337 e. The Morgan fingerprint density at radius 3 is 2.20 bits per heavy atom. The molecule has 20 heavy (non-hydrogen) atoms. The summed E-state index contributed by atoms with van der Waals surface area (Å²) in [6, 6.07) is 9.47. The molecule has 0 aliphatic carbocycles. The average Bonchev–Trinajstić information content (AvgIpc) is 2.44. The second-order valence-electron chi connectivity index (χ2n) is 4.08. The van der Waals surface area contributed by atoms with Crippen molar-refractivity contribution in [3.05, 3.63) is 65.2 Å². The lowest BCUT2D eigenvalue weighted by molar-refractivity contribution is 0.0600. The molecule has 0 unspecified atom stereocenters. The predicted molar refractivity (Wildman–Crippen MR) is 68.5 cm³/mol. The molecule has 2 aromatic rings. The van der Waals surface area contributed by atoms with Crippen LogP contribution in [0.4, 0.5) is 8.78 Å². The van der Waals surface area contributed by atoms with E-state index in [1.165, 1.54) is 19.2 Å². The van der Waals surface area contributed by atoms with E-state index in [9.17, 15) is 13.6 Å². The number of carbonyl (C=O) groups excluding carboxylic acids is 1. The summed E-state index contributed by atoms with van der Waals surface area (Å²) in [5.41, 5.74) is 0.788. The SMILES string of the molecule is COC(=O)c1ccc(OCc2cc(F)cc(F)c2)cc1. The molecule has 0 N–H and O–H groups in total. The van der Waals surface area contributed by atoms with Crippen molar-refractivity contribution in [3.63, 3.8) is 0 Å². The van der Waals surface area contributed by atoms with Gasteiger partial charge in [-0.1, -0.05) is 0 Å². The van der Waals surface area contributed by atoms with Crippen molar-refractivity contribution < 1.29 is 23.0 Å². The molecule has 0 amide bonds. The molecule has 0 spiro atoms. The number of benzene rings is 2.